The van der Waals surface area contributed by atoms with Crippen molar-refractivity contribution in [2.24, 2.45) is 35.1 Å². The van der Waals surface area contributed by atoms with E-state index in [9.17, 15) is 19.2 Å². The zero-order chi connectivity index (χ0) is 42.5. The Balaban J connectivity index is -0.0000000878. The predicted octanol–water partition coefficient (Wildman–Crippen LogP) is 7.50. The van der Waals surface area contributed by atoms with E-state index in [1.807, 2.05) is 93.4 Å². The molecule has 5 N–H and O–H groups in total. The van der Waals surface area contributed by atoms with Crippen LogP contribution in [0.1, 0.15) is 142 Å². The summed E-state index contributed by atoms with van der Waals surface area (Å²) in [6.07, 6.45) is 6.19. The number of likely N-dealkylation sites (N-methyl/N-ethyl adjacent to an activating group) is 2. The Morgan fingerprint density at radius 1 is 0.571 bits per heavy atom. The van der Waals surface area contributed by atoms with Gasteiger partial charge in [-0.1, -0.05) is 90.5 Å². The van der Waals surface area contributed by atoms with Crippen LogP contribution in [0.25, 0.3) is 0 Å². The van der Waals surface area contributed by atoms with Crippen LogP contribution in [0.4, 0.5) is 0 Å². The highest BCUT2D eigenvalue weighted by Crippen LogP contribution is 2.12. The first-order valence-corrected chi connectivity index (χ1v) is 19.7. The minimum Gasteiger partial charge on any atom is -0.465 e. The first-order valence-electron chi connectivity index (χ1n) is 19.7. The number of esters is 3. The average molecular weight is 856 g/mol. The Morgan fingerprint density at radius 2 is 0.857 bits per heavy atom. The van der Waals surface area contributed by atoms with Crippen LogP contribution in [0.5, 0.6) is 0 Å². The van der Waals surface area contributed by atoms with Crippen molar-refractivity contribution in [1.29, 1.82) is 0 Å². The highest BCUT2D eigenvalue weighted by atomic mass is 35.5. The largest absolute Gasteiger partial charge is 0.465 e. The van der Waals surface area contributed by atoms with Crippen LogP contribution in [-0.4, -0.2) is 118 Å². The summed E-state index contributed by atoms with van der Waals surface area (Å²) in [6, 6.07) is -0.639. The standard InChI is InChI=1S/2C11H23NO2.C9H19NO2.C6H13NO2.C3H8O.CH4.2ClH/c2*1-6-7-14-11(13)10(12(4)5)8-9(2)3;1-4-5-12-9(11)8(10)6-7(2)3;1-5(2)3-6(7)9-4-8;1-2-3-4;;;/h2*9-10H,6-8H2,1-5H3;7-8H,4-6,10H2,1-3H3;4-6H,3,7H2,1-2H3;4H,2-3H2,1H3;1H4;2*1H. The molecule has 0 aromatic carbocycles. The summed E-state index contributed by atoms with van der Waals surface area (Å²) in [5, 5.41) is 7.88. The lowest BCUT2D eigenvalue weighted by molar-refractivity contribution is -0.150. The van der Waals surface area contributed by atoms with Gasteiger partial charge in [0.15, 0.2) is 6.23 Å². The summed E-state index contributed by atoms with van der Waals surface area (Å²) in [6.45, 7) is 26.7. The molecule has 0 fully saturated rings. The van der Waals surface area contributed by atoms with Crippen LogP contribution in [0, 0.1) is 23.7 Å². The summed E-state index contributed by atoms with van der Waals surface area (Å²) in [4.78, 5) is 47.9. The van der Waals surface area contributed by atoms with Crippen molar-refractivity contribution < 1.29 is 43.2 Å². The van der Waals surface area contributed by atoms with Gasteiger partial charge in [0.05, 0.1) is 19.8 Å². The third-order valence-electron chi connectivity index (χ3n) is 6.71. The van der Waals surface area contributed by atoms with Crippen molar-refractivity contribution in [3.05, 3.63) is 0 Å². The number of carbonyl (C=O) groups excluding carboxylic acids is 4. The first-order chi connectivity index (χ1) is 24.6. The van der Waals surface area contributed by atoms with Gasteiger partial charge in [0, 0.05) is 13.0 Å². The molecule has 0 heterocycles. The highest BCUT2D eigenvalue weighted by Gasteiger charge is 2.24. The van der Waals surface area contributed by atoms with E-state index in [-0.39, 0.29) is 62.2 Å². The van der Waals surface area contributed by atoms with E-state index >= 15 is 0 Å². The minimum atomic E-state index is -0.448. The Labute approximate surface area is 357 Å². The molecular weight excluding hydrogens is 763 g/mol. The molecule has 0 amide bonds. The third-order valence-corrected chi connectivity index (χ3v) is 6.71. The van der Waals surface area contributed by atoms with Gasteiger partial charge in [-0.05, 0) is 96.8 Å². The van der Waals surface area contributed by atoms with E-state index in [0.29, 0.717) is 63.0 Å². The molecule has 0 aliphatic heterocycles. The van der Waals surface area contributed by atoms with Gasteiger partial charge in [-0.2, -0.15) is 0 Å². The van der Waals surface area contributed by atoms with Crippen LogP contribution in [0.15, 0.2) is 0 Å². The van der Waals surface area contributed by atoms with Crippen molar-refractivity contribution in [2.45, 2.75) is 166 Å². The molecule has 0 rings (SSSR count). The summed E-state index contributed by atoms with van der Waals surface area (Å²) in [7, 11) is 7.67. The maximum atomic E-state index is 11.6. The maximum Gasteiger partial charge on any atom is 0.323 e. The van der Waals surface area contributed by atoms with Gasteiger partial charge in [-0.3, -0.25) is 34.7 Å². The molecule has 4 atom stereocenters. The van der Waals surface area contributed by atoms with Crippen molar-refractivity contribution in [2.75, 3.05) is 54.6 Å². The molecule has 0 bridgehead atoms. The highest BCUT2D eigenvalue weighted by molar-refractivity contribution is 5.85. The quantitative estimate of drug-likeness (QED) is 0.0421. The lowest BCUT2D eigenvalue weighted by Gasteiger charge is -2.23. The molecule has 13 nitrogen and oxygen atoms in total. The molecule has 0 saturated carbocycles. The molecule has 0 saturated heterocycles. The van der Waals surface area contributed by atoms with E-state index in [1.165, 1.54) is 0 Å². The fourth-order valence-corrected chi connectivity index (χ4v) is 4.03. The fourth-order valence-electron chi connectivity index (χ4n) is 4.03. The molecule has 0 spiro atoms. The smallest absolute Gasteiger partial charge is 0.323 e. The second kappa shape index (κ2) is 49.4. The summed E-state index contributed by atoms with van der Waals surface area (Å²) >= 11 is 0. The second-order valence-electron chi connectivity index (χ2n) is 15.1. The van der Waals surface area contributed by atoms with Gasteiger partial charge < -0.3 is 29.8 Å². The number of halogens is 2. The lowest BCUT2D eigenvalue weighted by Crippen LogP contribution is -2.38. The number of hydrogen-bond donors (Lipinski definition) is 3. The van der Waals surface area contributed by atoms with Crippen LogP contribution in [-0.2, 0) is 38.1 Å². The number of nitrogens with zero attached hydrogens (tertiary/aromatic N) is 2. The van der Waals surface area contributed by atoms with Crippen molar-refractivity contribution in [3.63, 3.8) is 0 Å². The molecule has 0 aliphatic carbocycles. The van der Waals surface area contributed by atoms with E-state index in [1.54, 1.807) is 0 Å². The minimum absolute atomic E-state index is 0. The topological polar surface area (TPSA) is 184 Å². The number of carbonyl (C=O) groups is 4. The van der Waals surface area contributed by atoms with Gasteiger partial charge >= 0.3 is 17.9 Å². The second-order valence-corrected chi connectivity index (χ2v) is 15.1. The Bertz CT molecular complexity index is 814. The third kappa shape index (κ3) is 54.4. The SMILES string of the molecule is C.CC(C)CC(N)OC=O.CCCO.CCCOC(=O)C(CC(C)C)N(C)C.CCCOC(=O)C(CC(C)C)N(C)C.CCCOC(=O)C(N)CC(C)C.Cl.Cl. The molecule has 15 heteroatoms. The maximum absolute atomic E-state index is 11.6. The molecule has 0 radical (unpaired) electrons. The van der Waals surface area contributed by atoms with Crippen molar-refractivity contribution in [1.82, 2.24) is 9.80 Å². The molecular formula is C41H92Cl2N4O9. The van der Waals surface area contributed by atoms with Crippen LogP contribution in [0.2, 0.25) is 0 Å². The van der Waals surface area contributed by atoms with Gasteiger partial charge in [0.2, 0.25) is 0 Å². The van der Waals surface area contributed by atoms with Crippen molar-refractivity contribution in [3.8, 4) is 0 Å². The number of ether oxygens (including phenoxy) is 4. The normalized spacial score (nSPS) is 12.2. The Hall–Kier alpha value is -1.74. The predicted molar refractivity (Wildman–Crippen MR) is 238 cm³/mol. The summed E-state index contributed by atoms with van der Waals surface area (Å²) in [5.41, 5.74) is 10.9. The van der Waals surface area contributed by atoms with Gasteiger partial charge in [-0.15, -0.1) is 24.8 Å². The van der Waals surface area contributed by atoms with Crippen LogP contribution in [0.3, 0.4) is 0 Å². The first kappa shape index (κ1) is 71.9. The molecule has 0 aromatic heterocycles. The Morgan fingerprint density at radius 3 is 1.07 bits per heavy atom. The number of nitrogens with two attached hydrogens (primary N) is 2. The summed E-state index contributed by atoms with van der Waals surface area (Å²) < 4.78 is 19.6. The fraction of sp³-hybridized carbons (Fsp3) is 0.902. The Kier molecular flexibility index (Phi) is 63.5. The monoisotopic (exact) mass is 855 g/mol. The van der Waals surface area contributed by atoms with Crippen LogP contribution >= 0.6 is 24.8 Å². The number of hydrogen-bond acceptors (Lipinski definition) is 13. The van der Waals surface area contributed by atoms with Crippen molar-refractivity contribution >= 4 is 49.2 Å². The zero-order valence-corrected chi connectivity index (χ0v) is 39.4. The van der Waals surface area contributed by atoms with E-state index in [0.717, 1.165) is 44.9 Å². The van der Waals surface area contributed by atoms with E-state index in [4.69, 9.17) is 30.8 Å². The van der Waals surface area contributed by atoms with Crippen LogP contribution < -0.4 is 11.5 Å². The van der Waals surface area contributed by atoms with E-state index < -0.39 is 12.3 Å². The molecule has 344 valence electrons. The average Bonchev–Trinajstić information content (AvgIpc) is 3.06. The number of aliphatic hydroxyl groups excluding tert-OH is 1. The molecule has 0 aromatic rings. The number of aliphatic hydroxyl groups is 1. The molecule has 0 aliphatic rings. The zero-order valence-electron chi connectivity index (χ0n) is 37.8. The van der Waals surface area contributed by atoms with E-state index in [2.05, 4.69) is 32.4 Å². The lowest BCUT2D eigenvalue weighted by atomic mass is 10.0. The summed E-state index contributed by atoms with van der Waals surface area (Å²) in [5.74, 6) is 1.48. The molecule has 4 unspecified atom stereocenters. The molecule has 56 heavy (non-hydrogen) atoms. The number of rotatable bonds is 22. The van der Waals surface area contributed by atoms with Gasteiger partial charge in [0.25, 0.3) is 6.47 Å². The van der Waals surface area contributed by atoms with Gasteiger partial charge in [0.1, 0.15) is 18.1 Å². The van der Waals surface area contributed by atoms with Gasteiger partial charge in [-0.25, -0.2) is 0 Å².